The number of rotatable bonds is 6. The zero-order chi connectivity index (χ0) is 20.1. The molecule has 0 radical (unpaired) electrons. The van der Waals surface area contributed by atoms with Crippen LogP contribution in [0.3, 0.4) is 0 Å². The Morgan fingerprint density at radius 1 is 1.04 bits per heavy atom. The molecule has 0 aliphatic heterocycles. The summed E-state index contributed by atoms with van der Waals surface area (Å²) in [5.41, 5.74) is 0.314. The second kappa shape index (κ2) is 8.92. The number of hydrogen-bond donors (Lipinski definition) is 2. The molecular weight excluding hydrogens is 427 g/mol. The highest BCUT2D eigenvalue weighted by Crippen LogP contribution is 2.29. The molecule has 3 aromatic rings. The summed E-state index contributed by atoms with van der Waals surface area (Å²) < 4.78 is 9.96. The Labute approximate surface area is 173 Å². The van der Waals surface area contributed by atoms with E-state index in [0.717, 1.165) is 11.3 Å². The molecule has 0 saturated heterocycles. The normalized spacial score (nSPS) is 10.4. The standard InChI is InChI=1S/C18H12Cl2N2O5S/c19-10-3-1-4-11(16(10)20)21-14(23)9-27-18(25)13-6-7-15(28-13)22-17(24)12-5-2-8-26-12/h1-8H,9H2,(H,21,23)(H,22,24). The van der Waals surface area contributed by atoms with E-state index in [1.54, 1.807) is 30.3 Å². The van der Waals surface area contributed by atoms with E-state index in [2.05, 4.69) is 10.6 Å². The Balaban J connectivity index is 1.52. The van der Waals surface area contributed by atoms with E-state index in [-0.39, 0.29) is 15.7 Å². The molecule has 0 atom stereocenters. The Morgan fingerprint density at radius 3 is 2.61 bits per heavy atom. The van der Waals surface area contributed by atoms with Gasteiger partial charge in [0.05, 0.1) is 27.0 Å². The Morgan fingerprint density at radius 2 is 1.86 bits per heavy atom. The van der Waals surface area contributed by atoms with E-state index in [9.17, 15) is 14.4 Å². The number of halogens is 2. The van der Waals surface area contributed by atoms with Gasteiger partial charge in [0.25, 0.3) is 11.8 Å². The van der Waals surface area contributed by atoms with E-state index in [4.69, 9.17) is 32.4 Å². The number of thiophene rings is 1. The van der Waals surface area contributed by atoms with Crippen LogP contribution in [0.2, 0.25) is 10.0 Å². The van der Waals surface area contributed by atoms with Crippen molar-refractivity contribution in [2.24, 2.45) is 0 Å². The van der Waals surface area contributed by atoms with Gasteiger partial charge in [-0.1, -0.05) is 29.3 Å². The first kappa shape index (κ1) is 19.9. The van der Waals surface area contributed by atoms with Crippen LogP contribution < -0.4 is 10.6 Å². The Hall–Kier alpha value is -2.81. The summed E-state index contributed by atoms with van der Waals surface area (Å²) in [6.07, 6.45) is 1.38. The number of hydrogen-bond acceptors (Lipinski definition) is 6. The number of anilines is 2. The van der Waals surface area contributed by atoms with Crippen molar-refractivity contribution in [3.05, 3.63) is 69.4 Å². The minimum Gasteiger partial charge on any atom is -0.459 e. The highest BCUT2D eigenvalue weighted by molar-refractivity contribution is 7.18. The summed E-state index contributed by atoms with van der Waals surface area (Å²) in [6, 6.07) is 10.9. The van der Waals surface area contributed by atoms with Crippen LogP contribution in [-0.2, 0) is 9.53 Å². The zero-order valence-corrected chi connectivity index (χ0v) is 16.4. The van der Waals surface area contributed by atoms with Crippen molar-refractivity contribution in [2.75, 3.05) is 17.2 Å². The van der Waals surface area contributed by atoms with Gasteiger partial charge in [0.15, 0.2) is 12.4 Å². The molecule has 2 aromatic heterocycles. The minimum absolute atomic E-state index is 0.147. The van der Waals surface area contributed by atoms with Crippen molar-refractivity contribution < 1.29 is 23.5 Å². The molecule has 2 amide bonds. The van der Waals surface area contributed by atoms with Gasteiger partial charge < -0.3 is 19.8 Å². The Kier molecular flexibility index (Phi) is 6.35. The van der Waals surface area contributed by atoms with Crippen LogP contribution >= 0.6 is 34.5 Å². The maximum atomic E-state index is 12.1. The van der Waals surface area contributed by atoms with Crippen LogP contribution in [0.25, 0.3) is 0 Å². The lowest BCUT2D eigenvalue weighted by Crippen LogP contribution is -2.20. The van der Waals surface area contributed by atoms with Crippen molar-refractivity contribution in [3.63, 3.8) is 0 Å². The number of nitrogens with one attached hydrogen (secondary N) is 2. The summed E-state index contributed by atoms with van der Waals surface area (Å²) in [7, 11) is 0. The highest BCUT2D eigenvalue weighted by Gasteiger charge is 2.16. The summed E-state index contributed by atoms with van der Waals surface area (Å²) in [6.45, 7) is -0.506. The van der Waals surface area contributed by atoms with Crippen LogP contribution in [0.4, 0.5) is 10.7 Å². The number of carbonyl (C=O) groups excluding carboxylic acids is 3. The van der Waals surface area contributed by atoms with Gasteiger partial charge in [-0.25, -0.2) is 4.79 Å². The molecule has 3 rings (SSSR count). The van der Waals surface area contributed by atoms with Gasteiger partial charge in [-0.2, -0.15) is 0 Å². The fourth-order valence-electron chi connectivity index (χ4n) is 2.08. The fraction of sp³-hybridized carbons (Fsp3) is 0.0556. The quantitative estimate of drug-likeness (QED) is 0.543. The lowest BCUT2D eigenvalue weighted by atomic mass is 10.3. The molecule has 144 valence electrons. The number of esters is 1. The topological polar surface area (TPSA) is 97.6 Å². The van der Waals surface area contributed by atoms with E-state index < -0.39 is 24.4 Å². The van der Waals surface area contributed by atoms with Crippen molar-refractivity contribution in [1.82, 2.24) is 0 Å². The molecule has 0 bridgehead atoms. The number of amides is 2. The molecule has 7 nitrogen and oxygen atoms in total. The molecule has 10 heteroatoms. The van der Waals surface area contributed by atoms with Gasteiger partial charge in [0, 0.05) is 0 Å². The largest absolute Gasteiger partial charge is 0.459 e. The van der Waals surface area contributed by atoms with Crippen LogP contribution in [0.1, 0.15) is 20.2 Å². The van der Waals surface area contributed by atoms with Gasteiger partial charge in [0.2, 0.25) is 0 Å². The molecule has 2 N–H and O–H groups in total. The molecule has 0 fully saturated rings. The highest BCUT2D eigenvalue weighted by atomic mass is 35.5. The molecular formula is C18H12Cl2N2O5S. The van der Waals surface area contributed by atoms with Crippen LogP contribution in [0.15, 0.2) is 53.1 Å². The summed E-state index contributed by atoms with van der Waals surface area (Å²) in [5, 5.41) is 6.03. The molecule has 2 heterocycles. The minimum atomic E-state index is -0.698. The average molecular weight is 439 g/mol. The second-order valence-corrected chi connectivity index (χ2v) is 7.19. The van der Waals surface area contributed by atoms with E-state index in [1.165, 1.54) is 18.4 Å². The molecule has 0 aliphatic carbocycles. The van der Waals surface area contributed by atoms with Crippen molar-refractivity contribution in [1.29, 1.82) is 0 Å². The summed E-state index contributed by atoms with van der Waals surface area (Å²) in [5.74, 6) is -1.56. The van der Waals surface area contributed by atoms with E-state index >= 15 is 0 Å². The molecule has 0 spiro atoms. The van der Waals surface area contributed by atoms with E-state index in [0.29, 0.717) is 15.7 Å². The predicted octanol–water partition coefficient (Wildman–Crippen LogP) is 4.70. The number of ether oxygens (including phenoxy) is 1. The zero-order valence-electron chi connectivity index (χ0n) is 14.0. The summed E-state index contributed by atoms with van der Waals surface area (Å²) >= 11 is 12.9. The lowest BCUT2D eigenvalue weighted by molar-refractivity contribution is -0.119. The first-order valence-electron chi connectivity index (χ1n) is 7.79. The number of furan rings is 1. The summed E-state index contributed by atoms with van der Waals surface area (Å²) in [4.78, 5) is 36.2. The van der Waals surface area contributed by atoms with E-state index in [1.807, 2.05) is 0 Å². The van der Waals surface area contributed by atoms with Crippen molar-refractivity contribution in [3.8, 4) is 0 Å². The van der Waals surface area contributed by atoms with Crippen molar-refractivity contribution >= 4 is 63.0 Å². The van der Waals surface area contributed by atoms with Crippen molar-refractivity contribution in [2.45, 2.75) is 0 Å². The van der Waals surface area contributed by atoms with Gasteiger partial charge in [0.1, 0.15) is 4.88 Å². The smallest absolute Gasteiger partial charge is 0.348 e. The van der Waals surface area contributed by atoms with Crippen LogP contribution in [0.5, 0.6) is 0 Å². The third kappa shape index (κ3) is 4.92. The maximum absolute atomic E-state index is 12.1. The van der Waals surface area contributed by atoms with Gasteiger partial charge in [-0.15, -0.1) is 11.3 Å². The first-order chi connectivity index (χ1) is 13.4. The van der Waals surface area contributed by atoms with Crippen LogP contribution in [-0.4, -0.2) is 24.4 Å². The van der Waals surface area contributed by atoms with Gasteiger partial charge >= 0.3 is 5.97 Å². The molecule has 0 saturated carbocycles. The van der Waals surface area contributed by atoms with Gasteiger partial charge in [-0.3, -0.25) is 9.59 Å². The third-order valence-corrected chi connectivity index (χ3v) is 5.15. The second-order valence-electron chi connectivity index (χ2n) is 5.32. The monoisotopic (exact) mass is 438 g/mol. The van der Waals surface area contributed by atoms with Crippen LogP contribution in [0, 0.1) is 0 Å². The number of carbonyl (C=O) groups is 3. The molecule has 1 aromatic carbocycles. The third-order valence-electron chi connectivity index (χ3n) is 3.35. The lowest BCUT2D eigenvalue weighted by Gasteiger charge is -2.08. The fourth-order valence-corrected chi connectivity index (χ4v) is 3.23. The molecule has 0 unspecified atom stereocenters. The maximum Gasteiger partial charge on any atom is 0.348 e. The molecule has 28 heavy (non-hydrogen) atoms. The first-order valence-corrected chi connectivity index (χ1v) is 9.37. The number of benzene rings is 1. The SMILES string of the molecule is O=C(COC(=O)c1ccc(NC(=O)c2ccco2)s1)Nc1cccc(Cl)c1Cl. The molecule has 0 aliphatic rings. The predicted molar refractivity (Wildman–Crippen MR) is 106 cm³/mol. The van der Waals surface area contributed by atoms with Gasteiger partial charge in [-0.05, 0) is 36.4 Å². The Bertz CT molecular complexity index is 1020. The average Bonchev–Trinajstić information content (AvgIpc) is 3.35.